The van der Waals surface area contributed by atoms with Crippen LogP contribution >= 0.6 is 11.6 Å². The number of aromatic nitrogens is 3. The number of benzene rings is 2. The van der Waals surface area contributed by atoms with Crippen molar-refractivity contribution in [1.82, 2.24) is 19.5 Å². The third-order valence-electron chi connectivity index (χ3n) is 6.13. The summed E-state index contributed by atoms with van der Waals surface area (Å²) in [5, 5.41) is 9.60. The number of hydrogen-bond acceptors (Lipinski definition) is 5. The van der Waals surface area contributed by atoms with E-state index in [0.717, 1.165) is 60.5 Å². The number of rotatable bonds is 5. The van der Waals surface area contributed by atoms with Crippen molar-refractivity contribution in [1.29, 1.82) is 0 Å². The molecular weight excluding hydrogens is 420 g/mol. The van der Waals surface area contributed by atoms with Gasteiger partial charge in [0.05, 0.1) is 5.69 Å². The fourth-order valence-electron chi connectivity index (χ4n) is 4.19. The molecule has 32 heavy (non-hydrogen) atoms. The highest BCUT2D eigenvalue weighted by Crippen LogP contribution is 2.25. The van der Waals surface area contributed by atoms with Gasteiger partial charge in [-0.2, -0.15) is 0 Å². The monoisotopic (exact) mass is 446 g/mol. The van der Waals surface area contributed by atoms with Crippen molar-refractivity contribution in [2.24, 2.45) is 0 Å². The lowest BCUT2D eigenvalue weighted by Crippen LogP contribution is -2.44. The first-order chi connectivity index (χ1) is 15.6. The molecular formula is C25H27ClN6. The SMILES string of the molecule is CN1CCN(c2ccc(-c3nnc4ccc(N(C)Cc5cccc(Cl)c5)cn34)cc2)CC1. The first-order valence-electron chi connectivity index (χ1n) is 10.9. The van der Waals surface area contributed by atoms with E-state index in [-0.39, 0.29) is 0 Å². The van der Waals surface area contributed by atoms with Crippen LogP contribution in [0.4, 0.5) is 11.4 Å². The van der Waals surface area contributed by atoms with Crippen molar-refractivity contribution < 1.29 is 0 Å². The molecule has 3 heterocycles. The van der Waals surface area contributed by atoms with E-state index >= 15 is 0 Å². The van der Waals surface area contributed by atoms with Crippen molar-refractivity contribution in [2.75, 3.05) is 50.1 Å². The number of halogens is 1. The maximum atomic E-state index is 6.15. The largest absolute Gasteiger partial charge is 0.369 e. The molecule has 1 aliphatic rings. The summed E-state index contributed by atoms with van der Waals surface area (Å²) < 4.78 is 2.06. The number of hydrogen-bond donors (Lipinski definition) is 0. The van der Waals surface area contributed by atoms with Crippen LogP contribution in [0.1, 0.15) is 5.56 Å². The molecule has 0 amide bonds. The van der Waals surface area contributed by atoms with Crippen LogP contribution in [0.15, 0.2) is 66.9 Å². The van der Waals surface area contributed by atoms with Crippen LogP contribution in [0.3, 0.4) is 0 Å². The van der Waals surface area contributed by atoms with Crippen molar-refractivity contribution in [3.8, 4) is 11.4 Å². The van der Waals surface area contributed by atoms with Crippen LogP contribution in [-0.4, -0.2) is 59.8 Å². The van der Waals surface area contributed by atoms with E-state index in [1.165, 1.54) is 11.3 Å². The van der Waals surface area contributed by atoms with Crippen molar-refractivity contribution in [2.45, 2.75) is 6.54 Å². The normalized spacial score (nSPS) is 14.8. The van der Waals surface area contributed by atoms with Gasteiger partial charge in [0.15, 0.2) is 11.5 Å². The average Bonchev–Trinajstić information content (AvgIpc) is 3.23. The minimum atomic E-state index is 0.757. The van der Waals surface area contributed by atoms with E-state index in [9.17, 15) is 0 Å². The Morgan fingerprint density at radius 1 is 0.938 bits per heavy atom. The van der Waals surface area contributed by atoms with E-state index in [1.54, 1.807) is 0 Å². The molecule has 0 bridgehead atoms. The maximum Gasteiger partial charge on any atom is 0.168 e. The lowest BCUT2D eigenvalue weighted by atomic mass is 10.1. The minimum absolute atomic E-state index is 0.757. The second-order valence-electron chi connectivity index (χ2n) is 8.46. The topological polar surface area (TPSA) is 39.9 Å². The highest BCUT2D eigenvalue weighted by molar-refractivity contribution is 6.30. The van der Waals surface area contributed by atoms with E-state index in [4.69, 9.17) is 11.6 Å². The molecule has 1 fully saturated rings. The van der Waals surface area contributed by atoms with E-state index in [2.05, 4.69) is 86.0 Å². The van der Waals surface area contributed by atoms with Gasteiger partial charge < -0.3 is 14.7 Å². The van der Waals surface area contributed by atoms with Gasteiger partial charge in [-0.3, -0.25) is 4.40 Å². The molecule has 0 atom stereocenters. The quantitative estimate of drug-likeness (QED) is 0.453. The van der Waals surface area contributed by atoms with Crippen LogP contribution < -0.4 is 9.80 Å². The molecule has 2 aromatic carbocycles. The molecule has 5 rings (SSSR count). The van der Waals surface area contributed by atoms with Crippen molar-refractivity contribution in [3.63, 3.8) is 0 Å². The highest BCUT2D eigenvalue weighted by Gasteiger charge is 2.15. The zero-order chi connectivity index (χ0) is 22.1. The number of piperazine rings is 1. The zero-order valence-electron chi connectivity index (χ0n) is 18.4. The molecule has 0 radical (unpaired) electrons. The van der Waals surface area contributed by atoms with Gasteiger partial charge in [-0.05, 0) is 61.1 Å². The molecule has 164 valence electrons. The summed E-state index contributed by atoms with van der Waals surface area (Å²) in [6, 6.07) is 20.7. The van der Waals surface area contributed by atoms with Crippen molar-refractivity contribution >= 4 is 28.6 Å². The second kappa shape index (κ2) is 8.81. The van der Waals surface area contributed by atoms with E-state index < -0.39 is 0 Å². The van der Waals surface area contributed by atoms with Gasteiger partial charge in [0, 0.05) is 62.2 Å². The molecule has 0 aliphatic carbocycles. The lowest BCUT2D eigenvalue weighted by Gasteiger charge is -2.34. The van der Waals surface area contributed by atoms with Crippen molar-refractivity contribution in [3.05, 3.63) is 77.4 Å². The zero-order valence-corrected chi connectivity index (χ0v) is 19.2. The third kappa shape index (κ3) is 4.29. The van der Waals surface area contributed by atoms with Crippen LogP contribution in [0.25, 0.3) is 17.0 Å². The fourth-order valence-corrected chi connectivity index (χ4v) is 4.40. The van der Waals surface area contributed by atoms with Gasteiger partial charge in [-0.1, -0.05) is 23.7 Å². The van der Waals surface area contributed by atoms with Crippen LogP contribution in [-0.2, 0) is 6.54 Å². The third-order valence-corrected chi connectivity index (χ3v) is 6.37. The van der Waals surface area contributed by atoms with Gasteiger partial charge in [0.25, 0.3) is 0 Å². The molecule has 0 unspecified atom stereocenters. The Morgan fingerprint density at radius 2 is 1.72 bits per heavy atom. The van der Waals surface area contributed by atoms with Gasteiger partial charge in [0.2, 0.25) is 0 Å². The van der Waals surface area contributed by atoms with Crippen LogP contribution in [0, 0.1) is 0 Å². The van der Waals surface area contributed by atoms with Crippen LogP contribution in [0.5, 0.6) is 0 Å². The molecule has 0 spiro atoms. The Hall–Kier alpha value is -3.09. The number of nitrogens with zero attached hydrogens (tertiary/aromatic N) is 6. The average molecular weight is 447 g/mol. The molecule has 2 aromatic heterocycles. The van der Waals surface area contributed by atoms with Crippen LogP contribution in [0.2, 0.25) is 5.02 Å². The van der Waals surface area contributed by atoms with Gasteiger partial charge in [-0.15, -0.1) is 10.2 Å². The number of pyridine rings is 1. The Bertz CT molecular complexity index is 1210. The molecule has 1 aliphatic heterocycles. The summed E-state index contributed by atoms with van der Waals surface area (Å²) in [6.07, 6.45) is 2.10. The lowest BCUT2D eigenvalue weighted by molar-refractivity contribution is 0.313. The predicted octanol–water partition coefficient (Wildman–Crippen LogP) is 4.44. The van der Waals surface area contributed by atoms with Gasteiger partial charge in [0.1, 0.15) is 0 Å². The molecule has 6 nitrogen and oxygen atoms in total. The first kappa shape index (κ1) is 20.8. The highest BCUT2D eigenvalue weighted by atomic mass is 35.5. The summed E-state index contributed by atoms with van der Waals surface area (Å²) in [5.74, 6) is 0.850. The Balaban J connectivity index is 1.39. The second-order valence-corrected chi connectivity index (χ2v) is 8.90. The Labute approximate surface area is 193 Å². The fraction of sp³-hybridized carbons (Fsp3) is 0.280. The molecule has 0 N–H and O–H groups in total. The van der Waals surface area contributed by atoms with E-state index in [0.29, 0.717) is 0 Å². The summed E-state index contributed by atoms with van der Waals surface area (Å²) >= 11 is 6.15. The number of anilines is 2. The number of likely N-dealkylation sites (N-methyl/N-ethyl adjacent to an activating group) is 1. The smallest absolute Gasteiger partial charge is 0.168 e. The van der Waals surface area contributed by atoms with Gasteiger partial charge in [-0.25, -0.2) is 0 Å². The standard InChI is InChI=1S/C25H27ClN6/c1-29-12-14-31(15-13-29)22-8-6-20(7-9-22)25-28-27-24-11-10-23(18-32(24)25)30(2)17-19-4-3-5-21(26)16-19/h3-11,16,18H,12-15,17H2,1-2H3. The first-order valence-corrected chi connectivity index (χ1v) is 11.3. The summed E-state index contributed by atoms with van der Waals surface area (Å²) in [4.78, 5) is 7.01. The molecule has 7 heteroatoms. The Morgan fingerprint density at radius 3 is 2.47 bits per heavy atom. The Kier molecular flexibility index (Phi) is 5.72. The minimum Gasteiger partial charge on any atom is -0.369 e. The summed E-state index contributed by atoms with van der Waals surface area (Å²) in [5.41, 5.74) is 5.42. The predicted molar refractivity (Wildman–Crippen MR) is 132 cm³/mol. The number of fused-ring (bicyclic) bond motifs is 1. The molecule has 4 aromatic rings. The molecule has 1 saturated heterocycles. The summed E-state index contributed by atoms with van der Waals surface area (Å²) in [6.45, 7) is 5.09. The molecule has 0 saturated carbocycles. The van der Waals surface area contributed by atoms with E-state index in [1.807, 2.05) is 24.3 Å². The van der Waals surface area contributed by atoms with Gasteiger partial charge >= 0.3 is 0 Å². The summed E-state index contributed by atoms with van der Waals surface area (Å²) in [7, 11) is 4.26. The maximum absolute atomic E-state index is 6.15.